The van der Waals surface area contributed by atoms with Crippen LogP contribution in [0.25, 0.3) is 38.6 Å². The molecule has 7 aromatic carbocycles. The lowest BCUT2D eigenvalue weighted by molar-refractivity contribution is 1.17. The van der Waals surface area contributed by atoms with Crippen LogP contribution in [-0.2, 0) is 6.42 Å². The molecule has 0 radical (unpaired) electrons. The van der Waals surface area contributed by atoms with Gasteiger partial charge in [0.15, 0.2) is 8.07 Å². The van der Waals surface area contributed by atoms with Crippen molar-refractivity contribution in [2.75, 3.05) is 0 Å². The number of hydrogen-bond donors (Lipinski definition) is 0. The summed E-state index contributed by atoms with van der Waals surface area (Å²) in [6, 6.07) is 63.5. The van der Waals surface area contributed by atoms with Gasteiger partial charge in [-0.1, -0.05) is 146 Å². The first-order valence-corrected chi connectivity index (χ1v) is 18.2. The Hall–Kier alpha value is -5.44. The van der Waals surface area contributed by atoms with Crippen molar-refractivity contribution in [3.8, 4) is 16.8 Å². The zero-order valence-electron chi connectivity index (χ0n) is 25.8. The van der Waals surface area contributed by atoms with Crippen LogP contribution in [0.15, 0.2) is 170 Å². The summed E-state index contributed by atoms with van der Waals surface area (Å²) >= 11 is 0. The molecule has 218 valence electrons. The van der Waals surface area contributed by atoms with Crippen molar-refractivity contribution in [1.82, 2.24) is 4.57 Å². The van der Waals surface area contributed by atoms with Crippen molar-refractivity contribution in [3.63, 3.8) is 0 Å². The monoisotopic (exact) mass is 603 g/mol. The summed E-state index contributed by atoms with van der Waals surface area (Å²) in [6.45, 7) is 2.32. The van der Waals surface area contributed by atoms with Crippen LogP contribution in [0.4, 0.5) is 0 Å². The predicted octanol–water partition coefficient (Wildman–Crippen LogP) is 8.04. The molecular weight excluding hydrogens is 571 g/mol. The van der Waals surface area contributed by atoms with Crippen LogP contribution < -0.4 is 20.7 Å². The van der Waals surface area contributed by atoms with Gasteiger partial charge in [0.2, 0.25) is 0 Å². The molecule has 0 atom stereocenters. The van der Waals surface area contributed by atoms with E-state index in [-0.39, 0.29) is 0 Å². The fourth-order valence-electron chi connectivity index (χ4n) is 8.07. The van der Waals surface area contributed by atoms with Crippen LogP contribution in [0, 0.1) is 6.92 Å². The average molecular weight is 604 g/mol. The lowest BCUT2D eigenvalue weighted by Crippen LogP contribution is -2.74. The molecule has 1 nitrogen and oxygen atoms in total. The standard InChI is InChI=1S/C44H33NSi/c1-31-27-37(46(34-15-5-2-6-16-34,35-17-7-3-8-18-35)36-19-9-4-10-20-36)30-42-40(31)28-32-25-26-33(29-41(32)42)45-43-23-13-11-21-38(43)39-22-12-14-24-44(39)45/h2-27,29-30H,28H2,1H3. The van der Waals surface area contributed by atoms with Crippen molar-refractivity contribution in [1.29, 1.82) is 0 Å². The minimum atomic E-state index is -2.64. The van der Waals surface area contributed by atoms with E-state index in [1.165, 1.54) is 76.1 Å². The van der Waals surface area contributed by atoms with Gasteiger partial charge in [0, 0.05) is 16.5 Å². The quantitative estimate of drug-likeness (QED) is 0.139. The summed E-state index contributed by atoms with van der Waals surface area (Å²) in [5.41, 5.74) is 10.7. The van der Waals surface area contributed by atoms with Gasteiger partial charge in [0.25, 0.3) is 0 Å². The molecule has 0 spiro atoms. The molecule has 0 amide bonds. The molecule has 0 unspecified atom stereocenters. The summed E-state index contributed by atoms with van der Waals surface area (Å²) in [5, 5.41) is 8.24. The number of nitrogens with zero attached hydrogens (tertiary/aromatic N) is 1. The van der Waals surface area contributed by atoms with Gasteiger partial charge in [0.05, 0.1) is 11.0 Å². The lowest BCUT2D eigenvalue weighted by atomic mass is 10.0. The van der Waals surface area contributed by atoms with E-state index >= 15 is 0 Å². The molecule has 9 rings (SSSR count). The first-order valence-electron chi connectivity index (χ1n) is 16.2. The van der Waals surface area contributed by atoms with Gasteiger partial charge in [-0.15, -0.1) is 0 Å². The zero-order chi connectivity index (χ0) is 30.7. The number of benzene rings is 7. The number of para-hydroxylation sites is 2. The lowest BCUT2D eigenvalue weighted by Gasteiger charge is -2.35. The molecule has 8 aromatic rings. The van der Waals surface area contributed by atoms with Crippen LogP contribution in [0.5, 0.6) is 0 Å². The minimum absolute atomic E-state index is 0.973. The highest BCUT2D eigenvalue weighted by molar-refractivity contribution is 7.19. The highest BCUT2D eigenvalue weighted by Crippen LogP contribution is 2.41. The maximum Gasteiger partial charge on any atom is 0.179 e. The zero-order valence-corrected chi connectivity index (χ0v) is 26.8. The third kappa shape index (κ3) is 3.94. The Morgan fingerprint density at radius 3 is 1.50 bits per heavy atom. The smallest absolute Gasteiger partial charge is 0.179 e. The second-order valence-corrected chi connectivity index (χ2v) is 16.4. The second kappa shape index (κ2) is 10.6. The Labute approximate surface area is 271 Å². The van der Waals surface area contributed by atoms with E-state index in [2.05, 4.69) is 181 Å². The number of aryl methyl sites for hydroxylation is 1. The van der Waals surface area contributed by atoms with Crippen LogP contribution >= 0.6 is 0 Å². The molecule has 46 heavy (non-hydrogen) atoms. The minimum Gasteiger partial charge on any atom is -0.309 e. The SMILES string of the molecule is Cc1cc([Si](c2ccccc2)(c2ccccc2)c2ccccc2)cc2c1Cc1ccc(-n3c4ccccc4c4ccccc43)cc1-2. The van der Waals surface area contributed by atoms with Crippen LogP contribution in [0.1, 0.15) is 16.7 Å². The number of fused-ring (bicyclic) bond motifs is 6. The Bertz CT molecular complexity index is 2240. The molecule has 0 saturated carbocycles. The number of aromatic nitrogens is 1. The first-order chi connectivity index (χ1) is 22.7. The first kappa shape index (κ1) is 26.9. The van der Waals surface area contributed by atoms with E-state index in [1.807, 2.05) is 0 Å². The van der Waals surface area contributed by atoms with E-state index in [1.54, 1.807) is 0 Å². The van der Waals surface area contributed by atoms with Gasteiger partial charge in [-0.3, -0.25) is 0 Å². The number of hydrogen-bond acceptors (Lipinski definition) is 0. The third-order valence-corrected chi connectivity index (χ3v) is 14.9. The molecule has 1 aliphatic carbocycles. The van der Waals surface area contributed by atoms with E-state index in [4.69, 9.17) is 0 Å². The van der Waals surface area contributed by atoms with Crippen molar-refractivity contribution < 1.29 is 0 Å². The van der Waals surface area contributed by atoms with Gasteiger partial charge in [-0.2, -0.15) is 0 Å². The van der Waals surface area contributed by atoms with Gasteiger partial charge < -0.3 is 4.57 Å². The summed E-state index contributed by atoms with van der Waals surface area (Å²) in [7, 11) is -2.64. The van der Waals surface area contributed by atoms with Crippen molar-refractivity contribution >= 4 is 50.6 Å². The fraction of sp³-hybridized carbons (Fsp3) is 0.0455. The Kier molecular flexibility index (Phi) is 6.19. The molecule has 1 aromatic heterocycles. The van der Waals surface area contributed by atoms with Gasteiger partial charge >= 0.3 is 0 Å². The topological polar surface area (TPSA) is 4.93 Å². The van der Waals surface area contributed by atoms with E-state index in [0.717, 1.165) is 6.42 Å². The molecule has 0 fully saturated rings. The number of rotatable bonds is 5. The Morgan fingerprint density at radius 1 is 0.457 bits per heavy atom. The molecule has 1 aliphatic rings. The largest absolute Gasteiger partial charge is 0.309 e. The van der Waals surface area contributed by atoms with Gasteiger partial charge in [-0.05, 0) is 86.2 Å². The summed E-state index contributed by atoms with van der Waals surface area (Å²) < 4.78 is 2.44. The van der Waals surface area contributed by atoms with Crippen molar-refractivity contribution in [2.24, 2.45) is 0 Å². The molecule has 0 N–H and O–H groups in total. The van der Waals surface area contributed by atoms with Gasteiger partial charge in [-0.25, -0.2) is 0 Å². The van der Waals surface area contributed by atoms with Crippen LogP contribution in [-0.4, -0.2) is 12.6 Å². The summed E-state index contributed by atoms with van der Waals surface area (Å²) in [6.07, 6.45) is 0.973. The molecule has 0 bridgehead atoms. The maximum atomic E-state index is 2.56. The average Bonchev–Trinajstić information content (AvgIpc) is 3.66. The molecule has 0 aliphatic heterocycles. The molecular formula is C44H33NSi. The second-order valence-electron chi connectivity index (χ2n) is 12.6. The Morgan fingerprint density at radius 2 is 0.957 bits per heavy atom. The van der Waals surface area contributed by atoms with Crippen LogP contribution in [0.2, 0.25) is 0 Å². The highest BCUT2D eigenvalue weighted by atomic mass is 28.3. The predicted molar refractivity (Wildman–Crippen MR) is 197 cm³/mol. The maximum absolute atomic E-state index is 2.64. The Balaban J connectivity index is 1.31. The fourth-order valence-corrected chi connectivity index (χ4v) is 12.9. The van der Waals surface area contributed by atoms with E-state index in [9.17, 15) is 0 Å². The van der Waals surface area contributed by atoms with Gasteiger partial charge in [0.1, 0.15) is 0 Å². The van der Waals surface area contributed by atoms with E-state index < -0.39 is 8.07 Å². The van der Waals surface area contributed by atoms with Crippen LogP contribution in [0.3, 0.4) is 0 Å². The molecule has 2 heteroatoms. The van der Waals surface area contributed by atoms with E-state index in [0.29, 0.717) is 0 Å². The summed E-state index contributed by atoms with van der Waals surface area (Å²) in [4.78, 5) is 0. The molecule has 1 heterocycles. The normalized spacial score (nSPS) is 12.4. The van der Waals surface area contributed by atoms with Crippen molar-refractivity contribution in [3.05, 3.63) is 187 Å². The third-order valence-electron chi connectivity index (χ3n) is 10.1. The highest BCUT2D eigenvalue weighted by Gasteiger charge is 2.42. The molecule has 0 saturated heterocycles. The van der Waals surface area contributed by atoms with Crippen molar-refractivity contribution in [2.45, 2.75) is 13.3 Å². The summed E-state index contributed by atoms with van der Waals surface area (Å²) in [5.74, 6) is 0.